The second-order valence-corrected chi connectivity index (χ2v) is 10.5. The van der Waals surface area contributed by atoms with E-state index < -0.39 is 9.84 Å². The molecule has 2 aromatic heterocycles. The number of sulfone groups is 1. The van der Waals surface area contributed by atoms with Crippen LogP contribution in [0.15, 0.2) is 57.2 Å². The first-order valence-corrected chi connectivity index (χ1v) is 12.7. The van der Waals surface area contributed by atoms with Crippen LogP contribution >= 0.6 is 11.3 Å². The lowest BCUT2D eigenvalue weighted by Crippen LogP contribution is -2.41. The van der Waals surface area contributed by atoms with Crippen molar-refractivity contribution >= 4 is 38.1 Å². The van der Waals surface area contributed by atoms with Gasteiger partial charge >= 0.3 is 0 Å². The number of carbonyl (C=O) groups excluding carboxylic acids is 2. The van der Waals surface area contributed by atoms with Gasteiger partial charge in [-0.05, 0) is 44.0 Å². The summed E-state index contributed by atoms with van der Waals surface area (Å²) in [5.74, 6) is -0.579. The summed E-state index contributed by atoms with van der Waals surface area (Å²) in [7, 11) is -3.56. The van der Waals surface area contributed by atoms with E-state index in [1.165, 1.54) is 35.6 Å². The molecule has 0 bridgehead atoms. The van der Waals surface area contributed by atoms with Crippen molar-refractivity contribution < 1.29 is 22.4 Å². The minimum Gasteiger partial charge on any atom is -0.455 e. The Kier molecular flexibility index (Phi) is 6.43. The maximum Gasteiger partial charge on any atom is 0.289 e. The van der Waals surface area contributed by atoms with Gasteiger partial charge in [-0.15, -0.1) is 11.3 Å². The Labute approximate surface area is 190 Å². The zero-order valence-electron chi connectivity index (χ0n) is 17.5. The number of aryl methyl sites for hydroxylation is 1. The Hall–Kier alpha value is -2.98. The Morgan fingerprint density at radius 2 is 1.88 bits per heavy atom. The molecular weight excluding hydrogens is 450 g/mol. The third kappa shape index (κ3) is 5.08. The maximum atomic E-state index is 12.8. The second-order valence-electron chi connectivity index (χ2n) is 7.69. The highest BCUT2D eigenvalue weighted by atomic mass is 32.2. The second kappa shape index (κ2) is 9.25. The summed E-state index contributed by atoms with van der Waals surface area (Å²) in [4.78, 5) is 31.3. The van der Waals surface area contributed by atoms with Gasteiger partial charge in [0.05, 0.1) is 10.6 Å². The molecule has 0 radical (unpaired) electrons. The molecule has 3 aromatic rings. The van der Waals surface area contributed by atoms with Crippen LogP contribution in [-0.4, -0.2) is 43.2 Å². The highest BCUT2D eigenvalue weighted by Crippen LogP contribution is 2.24. The van der Waals surface area contributed by atoms with Gasteiger partial charge in [-0.25, -0.2) is 13.4 Å². The molecule has 0 saturated carbocycles. The Morgan fingerprint density at radius 1 is 1.16 bits per heavy atom. The fourth-order valence-electron chi connectivity index (χ4n) is 3.59. The quantitative estimate of drug-likeness (QED) is 0.587. The van der Waals surface area contributed by atoms with Crippen molar-refractivity contribution in [2.24, 2.45) is 5.92 Å². The van der Waals surface area contributed by atoms with Crippen molar-refractivity contribution in [3.8, 4) is 0 Å². The number of nitrogens with zero attached hydrogens (tertiary/aromatic N) is 2. The van der Waals surface area contributed by atoms with Crippen molar-refractivity contribution in [3.63, 3.8) is 0 Å². The van der Waals surface area contributed by atoms with Crippen LogP contribution in [-0.2, 0) is 20.4 Å². The maximum absolute atomic E-state index is 12.8. The van der Waals surface area contributed by atoms with Crippen LogP contribution in [0.4, 0.5) is 5.13 Å². The molecule has 1 aliphatic heterocycles. The van der Waals surface area contributed by atoms with Gasteiger partial charge in [0.15, 0.2) is 20.7 Å². The Balaban J connectivity index is 1.33. The Morgan fingerprint density at radius 3 is 2.53 bits per heavy atom. The van der Waals surface area contributed by atoms with Crippen molar-refractivity contribution in [1.29, 1.82) is 0 Å². The number of nitrogens with one attached hydrogen (secondary N) is 1. The molecule has 0 atom stereocenters. The Bertz CT molecular complexity index is 1210. The van der Waals surface area contributed by atoms with Gasteiger partial charge < -0.3 is 14.6 Å². The number of aromatic nitrogens is 1. The number of likely N-dealkylation sites (tertiary alicyclic amines) is 1. The number of hydrogen-bond acceptors (Lipinski definition) is 7. The molecular formula is C22H23N3O5S2. The van der Waals surface area contributed by atoms with Gasteiger partial charge in [0, 0.05) is 24.4 Å². The molecule has 8 nitrogen and oxygen atoms in total. The smallest absolute Gasteiger partial charge is 0.289 e. The summed E-state index contributed by atoms with van der Waals surface area (Å²) >= 11 is 1.39. The first kappa shape index (κ1) is 22.2. The third-order valence-corrected chi connectivity index (χ3v) is 7.84. The molecule has 1 aliphatic rings. The molecule has 0 spiro atoms. The average Bonchev–Trinajstić information content (AvgIpc) is 3.42. The van der Waals surface area contributed by atoms with Gasteiger partial charge in [0.25, 0.3) is 5.91 Å². The minimum atomic E-state index is -3.56. The van der Waals surface area contributed by atoms with E-state index in [0.717, 1.165) is 5.69 Å². The van der Waals surface area contributed by atoms with Crippen molar-refractivity contribution in [3.05, 3.63) is 65.1 Å². The highest BCUT2D eigenvalue weighted by molar-refractivity contribution is 7.90. The molecule has 3 heterocycles. The largest absolute Gasteiger partial charge is 0.455 e. The third-order valence-electron chi connectivity index (χ3n) is 5.31. The molecule has 0 unspecified atom stereocenters. The molecule has 32 heavy (non-hydrogen) atoms. The lowest BCUT2D eigenvalue weighted by atomic mass is 9.96. The van der Waals surface area contributed by atoms with E-state index >= 15 is 0 Å². The highest BCUT2D eigenvalue weighted by Gasteiger charge is 2.29. The number of furan rings is 1. The van der Waals surface area contributed by atoms with Gasteiger partial charge in [-0.3, -0.25) is 9.59 Å². The topological polar surface area (TPSA) is 110 Å². The molecule has 1 aromatic carbocycles. The zero-order valence-corrected chi connectivity index (χ0v) is 19.1. The van der Waals surface area contributed by atoms with Crippen molar-refractivity contribution in [2.75, 3.05) is 18.4 Å². The standard InChI is InChI=1S/C22H23N3O5S2/c1-15-13-31-22(23-15)24-20(26)16-9-11-25(12-10-16)21(27)19-8-7-17(30-19)14-32(28,29)18-5-3-2-4-6-18/h2-8,13,16H,9-12,14H2,1H3,(H,23,24,26). The number of amides is 2. The molecule has 2 amide bonds. The summed E-state index contributed by atoms with van der Waals surface area (Å²) < 4.78 is 30.6. The molecule has 1 N–H and O–H groups in total. The van der Waals surface area contributed by atoms with E-state index in [-0.39, 0.29) is 39.9 Å². The summed E-state index contributed by atoms with van der Waals surface area (Å²) in [6, 6.07) is 11.1. The predicted molar refractivity (Wildman–Crippen MR) is 120 cm³/mol. The van der Waals surface area contributed by atoms with E-state index in [9.17, 15) is 18.0 Å². The van der Waals surface area contributed by atoms with E-state index in [4.69, 9.17) is 4.42 Å². The first-order chi connectivity index (χ1) is 15.3. The van der Waals surface area contributed by atoms with Gasteiger partial charge in [0.1, 0.15) is 11.5 Å². The summed E-state index contributed by atoms with van der Waals surface area (Å²) in [5, 5.41) is 5.29. The number of hydrogen-bond donors (Lipinski definition) is 1. The predicted octanol–water partition coefficient (Wildman–Crippen LogP) is 3.51. The molecule has 1 fully saturated rings. The van der Waals surface area contributed by atoms with E-state index in [1.807, 2.05) is 12.3 Å². The molecule has 1 saturated heterocycles. The van der Waals surface area contributed by atoms with Crippen LogP contribution in [0.25, 0.3) is 0 Å². The SMILES string of the molecule is Cc1csc(NC(=O)C2CCN(C(=O)c3ccc(CS(=O)(=O)c4ccccc4)o3)CC2)n1. The van der Waals surface area contributed by atoms with Crippen LogP contribution in [0, 0.1) is 12.8 Å². The minimum absolute atomic E-state index is 0.0853. The number of carbonyl (C=O) groups is 2. The lowest BCUT2D eigenvalue weighted by Gasteiger charge is -2.30. The summed E-state index contributed by atoms with van der Waals surface area (Å²) in [6.07, 6.45) is 1.08. The first-order valence-electron chi connectivity index (χ1n) is 10.2. The van der Waals surface area contributed by atoms with E-state index in [0.29, 0.717) is 31.1 Å². The number of benzene rings is 1. The fourth-order valence-corrected chi connectivity index (χ4v) is 5.55. The van der Waals surface area contributed by atoms with Gasteiger partial charge in [-0.2, -0.15) is 0 Å². The van der Waals surface area contributed by atoms with Crippen LogP contribution in [0.2, 0.25) is 0 Å². The monoisotopic (exact) mass is 473 g/mol. The number of anilines is 1. The van der Waals surface area contributed by atoms with Crippen molar-refractivity contribution in [2.45, 2.75) is 30.4 Å². The summed E-state index contributed by atoms with van der Waals surface area (Å²) in [5.41, 5.74) is 0.861. The van der Waals surface area contributed by atoms with Crippen LogP contribution in [0.3, 0.4) is 0 Å². The zero-order chi connectivity index (χ0) is 22.7. The molecule has 10 heteroatoms. The molecule has 0 aliphatic carbocycles. The molecule has 168 valence electrons. The number of piperidine rings is 1. The van der Waals surface area contributed by atoms with E-state index in [2.05, 4.69) is 10.3 Å². The van der Waals surface area contributed by atoms with Crippen LogP contribution in [0.1, 0.15) is 34.9 Å². The normalized spacial score (nSPS) is 15.0. The van der Waals surface area contributed by atoms with Crippen LogP contribution in [0.5, 0.6) is 0 Å². The fraction of sp³-hybridized carbons (Fsp3) is 0.318. The van der Waals surface area contributed by atoms with Crippen molar-refractivity contribution in [1.82, 2.24) is 9.88 Å². The lowest BCUT2D eigenvalue weighted by molar-refractivity contribution is -0.121. The average molecular weight is 474 g/mol. The summed E-state index contributed by atoms with van der Waals surface area (Å²) in [6.45, 7) is 2.71. The molecule has 4 rings (SSSR count). The van der Waals surface area contributed by atoms with E-state index in [1.54, 1.807) is 23.1 Å². The van der Waals surface area contributed by atoms with Crippen LogP contribution < -0.4 is 5.32 Å². The number of thiazole rings is 1. The van der Waals surface area contributed by atoms with Gasteiger partial charge in [0.2, 0.25) is 5.91 Å². The number of rotatable bonds is 6. The van der Waals surface area contributed by atoms with Gasteiger partial charge in [-0.1, -0.05) is 18.2 Å².